The lowest BCUT2D eigenvalue weighted by Gasteiger charge is -2.15. The molecule has 116 valence electrons. The van der Waals surface area contributed by atoms with Crippen LogP contribution in [-0.4, -0.2) is 41.9 Å². The van der Waals surface area contributed by atoms with Crippen LogP contribution in [0.3, 0.4) is 0 Å². The van der Waals surface area contributed by atoms with E-state index >= 15 is 0 Å². The van der Waals surface area contributed by atoms with Gasteiger partial charge in [-0.05, 0) is 6.07 Å². The van der Waals surface area contributed by atoms with Gasteiger partial charge >= 0.3 is 6.18 Å². The Morgan fingerprint density at radius 1 is 1.52 bits per heavy atom. The number of aliphatic hydroxyl groups is 1. The quantitative estimate of drug-likeness (QED) is 0.630. The normalized spacial score (nSPS) is 12.6. The maximum absolute atomic E-state index is 12.1. The molecule has 7 nitrogen and oxygen atoms in total. The fourth-order valence-electron chi connectivity index (χ4n) is 1.39. The number of nitro benzene ring substituents is 1. The van der Waals surface area contributed by atoms with Crippen LogP contribution in [0.25, 0.3) is 0 Å². The first kappa shape index (κ1) is 16.7. The van der Waals surface area contributed by atoms with Gasteiger partial charge in [-0.3, -0.25) is 14.9 Å². The Kier molecular flexibility index (Phi) is 5.08. The number of non-ortho nitro benzene ring substituents is 1. The van der Waals surface area contributed by atoms with Crippen molar-refractivity contribution < 1.29 is 32.7 Å². The van der Waals surface area contributed by atoms with Gasteiger partial charge in [0.15, 0.2) is 6.10 Å². The lowest BCUT2D eigenvalue weighted by atomic mass is 10.1. The van der Waals surface area contributed by atoms with Crippen LogP contribution in [0.2, 0.25) is 0 Å². The topological polar surface area (TPSA) is 102 Å². The number of carbonyl (C=O) groups excluding carboxylic acids is 1. The first-order valence-corrected chi connectivity index (χ1v) is 5.52. The summed E-state index contributed by atoms with van der Waals surface area (Å²) in [4.78, 5) is 21.6. The molecule has 21 heavy (non-hydrogen) atoms. The Balaban J connectivity index is 2.91. The molecule has 0 aliphatic carbocycles. The third-order valence-corrected chi connectivity index (χ3v) is 2.47. The first-order valence-electron chi connectivity index (χ1n) is 5.52. The fourth-order valence-corrected chi connectivity index (χ4v) is 1.39. The van der Waals surface area contributed by atoms with Crippen LogP contribution >= 0.6 is 0 Å². The minimum atomic E-state index is -4.87. The van der Waals surface area contributed by atoms with Crippen molar-refractivity contribution in [3.8, 4) is 5.75 Å². The zero-order valence-corrected chi connectivity index (χ0v) is 10.7. The molecule has 0 heterocycles. The molecule has 1 aromatic rings. The van der Waals surface area contributed by atoms with Gasteiger partial charge in [-0.2, -0.15) is 13.2 Å². The molecule has 0 aliphatic heterocycles. The lowest BCUT2D eigenvalue weighted by molar-refractivity contribution is -0.384. The predicted octanol–water partition coefficient (Wildman–Crippen LogP) is 1.26. The highest BCUT2D eigenvalue weighted by Gasteiger charge is 2.38. The highest BCUT2D eigenvalue weighted by Crippen LogP contribution is 2.24. The Morgan fingerprint density at radius 2 is 2.14 bits per heavy atom. The second-order valence-electron chi connectivity index (χ2n) is 3.91. The van der Waals surface area contributed by atoms with Gasteiger partial charge in [0.2, 0.25) is 0 Å². The molecule has 1 rings (SSSR count). The van der Waals surface area contributed by atoms with Gasteiger partial charge in [-0.15, -0.1) is 0 Å². The Bertz CT molecular complexity index is 547. The van der Waals surface area contributed by atoms with Gasteiger partial charge < -0.3 is 15.2 Å². The molecular weight excluding hydrogens is 297 g/mol. The van der Waals surface area contributed by atoms with Gasteiger partial charge in [0.25, 0.3) is 11.6 Å². The molecule has 1 aromatic carbocycles. The van der Waals surface area contributed by atoms with Crippen molar-refractivity contribution >= 4 is 11.6 Å². The summed E-state index contributed by atoms with van der Waals surface area (Å²) < 4.78 is 41.1. The average Bonchev–Trinajstić information content (AvgIpc) is 2.42. The largest absolute Gasteiger partial charge is 0.496 e. The summed E-state index contributed by atoms with van der Waals surface area (Å²) in [6.45, 7) is -1.08. The first-order chi connectivity index (χ1) is 9.66. The molecule has 0 fully saturated rings. The van der Waals surface area contributed by atoms with Crippen molar-refractivity contribution in [3.05, 3.63) is 33.9 Å². The van der Waals surface area contributed by atoms with Crippen molar-refractivity contribution in [3.63, 3.8) is 0 Å². The Hall–Kier alpha value is -2.36. The molecule has 0 aliphatic rings. The molecule has 1 amide bonds. The van der Waals surface area contributed by atoms with Crippen molar-refractivity contribution in [2.45, 2.75) is 12.3 Å². The van der Waals surface area contributed by atoms with Gasteiger partial charge in [-0.1, -0.05) is 0 Å². The summed E-state index contributed by atoms with van der Waals surface area (Å²) in [5.74, 6) is -1.07. The lowest BCUT2D eigenvalue weighted by Crippen LogP contribution is -2.40. The van der Waals surface area contributed by atoms with Crippen LogP contribution in [0.4, 0.5) is 18.9 Å². The van der Waals surface area contributed by atoms with Gasteiger partial charge in [-0.25, -0.2) is 0 Å². The van der Waals surface area contributed by atoms with E-state index in [0.717, 1.165) is 18.2 Å². The fraction of sp³-hybridized carbons (Fsp3) is 0.364. The number of methoxy groups -OCH3 is 1. The van der Waals surface area contributed by atoms with Crippen molar-refractivity contribution in [1.29, 1.82) is 0 Å². The number of carbonyl (C=O) groups is 1. The number of hydrogen-bond acceptors (Lipinski definition) is 5. The number of alkyl halides is 3. The molecule has 0 radical (unpaired) electrons. The second-order valence-corrected chi connectivity index (χ2v) is 3.91. The van der Waals surface area contributed by atoms with Crippen molar-refractivity contribution in [2.75, 3.05) is 13.7 Å². The molecule has 0 spiro atoms. The number of hydrogen-bond donors (Lipinski definition) is 2. The van der Waals surface area contributed by atoms with Crippen LogP contribution in [0.5, 0.6) is 5.75 Å². The summed E-state index contributed by atoms with van der Waals surface area (Å²) >= 11 is 0. The molecule has 0 saturated heterocycles. The third kappa shape index (κ3) is 4.31. The summed E-state index contributed by atoms with van der Waals surface area (Å²) in [5.41, 5.74) is -0.724. The molecule has 10 heteroatoms. The molecular formula is C11H11F3N2O5. The Morgan fingerprint density at radius 3 is 2.62 bits per heavy atom. The molecule has 1 atom stereocenters. The summed E-state index contributed by atoms with van der Waals surface area (Å²) in [6, 6.07) is 3.10. The summed E-state index contributed by atoms with van der Waals surface area (Å²) in [7, 11) is 1.20. The van der Waals surface area contributed by atoms with E-state index < -0.39 is 35.3 Å². The minimum absolute atomic E-state index is 0.0420. The number of aliphatic hydroxyl groups excluding tert-OH is 1. The zero-order chi connectivity index (χ0) is 16.2. The predicted molar refractivity (Wildman–Crippen MR) is 64.0 cm³/mol. The smallest absolute Gasteiger partial charge is 0.416 e. The minimum Gasteiger partial charge on any atom is -0.496 e. The van der Waals surface area contributed by atoms with Crippen LogP contribution in [0, 0.1) is 10.1 Å². The SMILES string of the molecule is COc1ccc([N+](=O)[O-])cc1C(=O)NCC(O)C(F)(F)F. The Labute approximate surface area is 116 Å². The maximum atomic E-state index is 12.1. The van der Waals surface area contributed by atoms with Crippen LogP contribution < -0.4 is 10.1 Å². The third-order valence-electron chi connectivity index (χ3n) is 2.47. The number of nitrogens with zero attached hydrogens (tertiary/aromatic N) is 1. The van der Waals surface area contributed by atoms with Crippen LogP contribution in [0.1, 0.15) is 10.4 Å². The van der Waals surface area contributed by atoms with Gasteiger partial charge in [0, 0.05) is 12.1 Å². The van der Waals surface area contributed by atoms with Crippen LogP contribution in [-0.2, 0) is 0 Å². The number of nitrogens with one attached hydrogen (secondary N) is 1. The number of rotatable bonds is 5. The van der Waals surface area contributed by atoms with Crippen molar-refractivity contribution in [2.24, 2.45) is 0 Å². The van der Waals surface area contributed by atoms with Crippen molar-refractivity contribution in [1.82, 2.24) is 5.32 Å². The summed E-state index contributed by atoms with van der Waals surface area (Å²) in [5, 5.41) is 21.2. The highest BCUT2D eigenvalue weighted by molar-refractivity contribution is 5.97. The van der Waals surface area contributed by atoms with Crippen LogP contribution in [0.15, 0.2) is 18.2 Å². The summed E-state index contributed by atoms with van der Waals surface area (Å²) in [6.07, 6.45) is -7.61. The van der Waals surface area contributed by atoms with E-state index in [4.69, 9.17) is 9.84 Å². The number of nitro groups is 1. The van der Waals surface area contributed by atoms with E-state index in [1.165, 1.54) is 7.11 Å². The highest BCUT2D eigenvalue weighted by atomic mass is 19.4. The molecule has 2 N–H and O–H groups in total. The number of amides is 1. The van der Waals surface area contributed by atoms with Gasteiger partial charge in [0.1, 0.15) is 5.75 Å². The molecule has 0 aromatic heterocycles. The maximum Gasteiger partial charge on any atom is 0.416 e. The molecule has 0 bridgehead atoms. The average molecular weight is 308 g/mol. The van der Waals surface area contributed by atoms with E-state index in [-0.39, 0.29) is 11.3 Å². The van der Waals surface area contributed by atoms with E-state index in [2.05, 4.69) is 0 Å². The molecule has 0 saturated carbocycles. The molecule has 1 unspecified atom stereocenters. The number of benzene rings is 1. The zero-order valence-electron chi connectivity index (χ0n) is 10.7. The van der Waals surface area contributed by atoms with E-state index in [1.54, 1.807) is 0 Å². The van der Waals surface area contributed by atoms with E-state index in [9.17, 15) is 28.1 Å². The standard InChI is InChI=1S/C11H11F3N2O5/c1-21-8-3-2-6(16(19)20)4-7(8)10(18)15-5-9(17)11(12,13)14/h2-4,9,17H,5H2,1H3,(H,15,18). The van der Waals surface area contributed by atoms with Gasteiger partial charge in [0.05, 0.1) is 24.1 Å². The van der Waals surface area contributed by atoms with E-state index in [0.29, 0.717) is 0 Å². The second kappa shape index (κ2) is 6.39. The number of ether oxygens (including phenoxy) is 1. The number of halogens is 3. The monoisotopic (exact) mass is 308 g/mol. The van der Waals surface area contributed by atoms with E-state index in [1.807, 2.05) is 5.32 Å².